The summed E-state index contributed by atoms with van der Waals surface area (Å²) >= 11 is 12.7. The van der Waals surface area contributed by atoms with Crippen molar-refractivity contribution in [3.05, 3.63) is 58.1 Å². The SMILES string of the molecule is C[C@@H]1C[C@H](N2C(=N)N[C@](C)(c3cccc(Nc4ccc(Cl)cc4)c3Cl)CC2=O)CCO1. The number of carbonyl (C=O) groups excluding carboxylic acids is 1. The smallest absolute Gasteiger partial charge is 0.232 e. The largest absolute Gasteiger partial charge is 0.378 e. The van der Waals surface area contributed by atoms with E-state index in [1.54, 1.807) is 17.0 Å². The van der Waals surface area contributed by atoms with Crippen LogP contribution in [0.4, 0.5) is 11.4 Å². The van der Waals surface area contributed by atoms with E-state index >= 15 is 0 Å². The number of nitrogens with one attached hydrogen (secondary N) is 3. The summed E-state index contributed by atoms with van der Waals surface area (Å²) in [6, 6.07) is 13.0. The molecule has 0 unspecified atom stereocenters. The molecule has 1 amide bonds. The first-order valence-electron chi connectivity index (χ1n) is 10.4. The normalized spacial score (nSPS) is 26.5. The number of benzene rings is 2. The van der Waals surface area contributed by atoms with Crippen molar-refractivity contribution < 1.29 is 9.53 Å². The Morgan fingerprint density at radius 3 is 2.65 bits per heavy atom. The van der Waals surface area contributed by atoms with Gasteiger partial charge in [-0.2, -0.15) is 0 Å². The van der Waals surface area contributed by atoms with Gasteiger partial charge in [0.15, 0.2) is 5.96 Å². The lowest BCUT2D eigenvalue weighted by Crippen LogP contribution is -2.63. The third-order valence-corrected chi connectivity index (χ3v) is 6.61. The van der Waals surface area contributed by atoms with Gasteiger partial charge in [-0.05, 0) is 62.6 Å². The van der Waals surface area contributed by atoms with Crippen molar-refractivity contribution in [3.63, 3.8) is 0 Å². The molecule has 2 saturated heterocycles. The van der Waals surface area contributed by atoms with Crippen molar-refractivity contribution in [2.75, 3.05) is 11.9 Å². The van der Waals surface area contributed by atoms with E-state index in [1.165, 1.54) is 0 Å². The van der Waals surface area contributed by atoms with Gasteiger partial charge in [0, 0.05) is 23.4 Å². The molecule has 0 radical (unpaired) electrons. The zero-order chi connectivity index (χ0) is 22.2. The van der Waals surface area contributed by atoms with Crippen molar-refractivity contribution in [2.45, 2.75) is 50.8 Å². The van der Waals surface area contributed by atoms with Crippen molar-refractivity contribution in [1.29, 1.82) is 5.41 Å². The quantitative estimate of drug-likeness (QED) is 0.579. The van der Waals surface area contributed by atoms with E-state index in [4.69, 9.17) is 33.3 Å². The zero-order valence-corrected chi connectivity index (χ0v) is 19.1. The van der Waals surface area contributed by atoms with E-state index in [1.807, 2.05) is 44.2 Å². The monoisotopic (exact) mass is 460 g/mol. The van der Waals surface area contributed by atoms with E-state index in [-0.39, 0.29) is 30.4 Å². The Kier molecular flexibility index (Phi) is 6.15. The molecule has 0 spiro atoms. The zero-order valence-electron chi connectivity index (χ0n) is 17.5. The minimum absolute atomic E-state index is 0.0193. The average molecular weight is 461 g/mol. The van der Waals surface area contributed by atoms with Crippen molar-refractivity contribution >= 4 is 46.4 Å². The van der Waals surface area contributed by atoms with E-state index < -0.39 is 5.54 Å². The molecule has 2 aliphatic heterocycles. The van der Waals surface area contributed by atoms with Crippen LogP contribution >= 0.6 is 23.2 Å². The number of ether oxygens (including phenoxy) is 1. The van der Waals surface area contributed by atoms with Gasteiger partial charge < -0.3 is 15.4 Å². The van der Waals surface area contributed by atoms with Crippen LogP contribution in [0.25, 0.3) is 0 Å². The van der Waals surface area contributed by atoms with Crippen molar-refractivity contribution in [2.24, 2.45) is 0 Å². The van der Waals surface area contributed by atoms with Crippen LogP contribution in [0.5, 0.6) is 0 Å². The van der Waals surface area contributed by atoms with Crippen LogP contribution in [0.15, 0.2) is 42.5 Å². The highest BCUT2D eigenvalue weighted by Crippen LogP contribution is 2.39. The lowest BCUT2D eigenvalue weighted by Gasteiger charge is -2.45. The summed E-state index contributed by atoms with van der Waals surface area (Å²) in [5.41, 5.74) is 1.57. The number of anilines is 2. The second-order valence-electron chi connectivity index (χ2n) is 8.40. The van der Waals surface area contributed by atoms with Gasteiger partial charge in [0.05, 0.1) is 28.8 Å². The lowest BCUT2D eigenvalue weighted by atomic mass is 9.85. The molecule has 0 aromatic heterocycles. The van der Waals surface area contributed by atoms with Gasteiger partial charge in [-0.3, -0.25) is 15.1 Å². The first-order valence-corrected chi connectivity index (χ1v) is 11.1. The van der Waals surface area contributed by atoms with Gasteiger partial charge in [-0.15, -0.1) is 0 Å². The van der Waals surface area contributed by atoms with Crippen molar-refractivity contribution in [1.82, 2.24) is 10.2 Å². The molecule has 164 valence electrons. The van der Waals surface area contributed by atoms with Gasteiger partial charge in [0.1, 0.15) is 0 Å². The molecule has 3 N–H and O–H groups in total. The summed E-state index contributed by atoms with van der Waals surface area (Å²) in [5, 5.41) is 16.3. The molecule has 2 aliphatic rings. The molecule has 8 heteroatoms. The Bertz CT molecular complexity index is 978. The molecule has 6 nitrogen and oxygen atoms in total. The molecule has 4 rings (SSSR count). The fourth-order valence-corrected chi connectivity index (χ4v) is 4.89. The van der Waals surface area contributed by atoms with Crippen molar-refractivity contribution in [3.8, 4) is 0 Å². The number of amides is 1. The number of hydrogen-bond donors (Lipinski definition) is 3. The number of carbonyl (C=O) groups is 1. The maximum Gasteiger partial charge on any atom is 0.232 e. The predicted molar refractivity (Wildman–Crippen MR) is 124 cm³/mol. The fraction of sp³-hybridized carbons (Fsp3) is 0.391. The molecule has 0 aliphatic carbocycles. The average Bonchev–Trinajstić information content (AvgIpc) is 2.70. The summed E-state index contributed by atoms with van der Waals surface area (Å²) in [6.45, 7) is 4.52. The minimum atomic E-state index is -0.782. The van der Waals surface area contributed by atoms with Crippen LogP contribution in [0.3, 0.4) is 0 Å². The Balaban J connectivity index is 1.57. The lowest BCUT2D eigenvalue weighted by molar-refractivity contribution is -0.134. The minimum Gasteiger partial charge on any atom is -0.378 e. The maximum atomic E-state index is 13.2. The molecule has 31 heavy (non-hydrogen) atoms. The standard InChI is InChI=1S/C23H26Cl2N4O2/c1-14-12-17(10-11-31-14)29-20(30)13-23(2,28-22(29)26)18-4-3-5-19(21(18)25)27-16-8-6-15(24)7-9-16/h3-9,14,17,27H,10-13H2,1-2H3,(H2,26,28)/t14-,17-,23+/m1/s1. The highest BCUT2D eigenvalue weighted by atomic mass is 35.5. The maximum absolute atomic E-state index is 13.2. The molecule has 2 aromatic rings. The molecule has 0 bridgehead atoms. The summed E-state index contributed by atoms with van der Waals surface area (Å²) in [4.78, 5) is 14.7. The summed E-state index contributed by atoms with van der Waals surface area (Å²) in [6.07, 6.45) is 1.76. The molecule has 2 fully saturated rings. The second kappa shape index (κ2) is 8.69. The Labute approximate surface area is 192 Å². The first-order chi connectivity index (χ1) is 14.8. The summed E-state index contributed by atoms with van der Waals surface area (Å²) in [5.74, 6) is 0.0439. The predicted octanol–water partition coefficient (Wildman–Crippen LogP) is 5.28. The van der Waals surface area contributed by atoms with Crippen LogP contribution in [0, 0.1) is 5.41 Å². The van der Waals surface area contributed by atoms with Crippen LogP contribution < -0.4 is 10.6 Å². The van der Waals surface area contributed by atoms with E-state index in [9.17, 15) is 4.79 Å². The Morgan fingerprint density at radius 2 is 1.97 bits per heavy atom. The van der Waals surface area contributed by atoms with Crippen LogP contribution in [0.2, 0.25) is 10.0 Å². The van der Waals surface area contributed by atoms with Crippen LogP contribution in [0.1, 0.15) is 38.7 Å². The first kappa shape index (κ1) is 21.9. The number of hydrogen-bond acceptors (Lipinski definition) is 4. The Hall–Kier alpha value is -2.28. The van der Waals surface area contributed by atoms with Crippen LogP contribution in [-0.4, -0.2) is 35.5 Å². The molecule has 2 aromatic carbocycles. The van der Waals surface area contributed by atoms with Gasteiger partial charge in [-0.25, -0.2) is 0 Å². The number of halogens is 2. The molecular formula is C23H26Cl2N4O2. The summed E-state index contributed by atoms with van der Waals surface area (Å²) in [7, 11) is 0. The molecule has 0 saturated carbocycles. The topological polar surface area (TPSA) is 77.5 Å². The highest BCUT2D eigenvalue weighted by Gasteiger charge is 2.43. The van der Waals surface area contributed by atoms with Gasteiger partial charge in [-0.1, -0.05) is 35.3 Å². The van der Waals surface area contributed by atoms with E-state index in [0.717, 1.165) is 29.8 Å². The van der Waals surface area contributed by atoms with E-state index in [2.05, 4.69) is 10.6 Å². The second-order valence-corrected chi connectivity index (χ2v) is 9.22. The number of rotatable bonds is 4. The third-order valence-electron chi connectivity index (χ3n) is 5.95. The number of guanidine groups is 1. The van der Waals surface area contributed by atoms with Crippen LogP contribution in [-0.2, 0) is 15.1 Å². The third kappa shape index (κ3) is 4.52. The fourth-order valence-electron chi connectivity index (χ4n) is 4.38. The number of nitrogens with zero attached hydrogens (tertiary/aromatic N) is 1. The molecule has 2 heterocycles. The summed E-state index contributed by atoms with van der Waals surface area (Å²) < 4.78 is 5.60. The van der Waals surface area contributed by atoms with Gasteiger partial charge >= 0.3 is 0 Å². The van der Waals surface area contributed by atoms with E-state index in [0.29, 0.717) is 16.7 Å². The highest BCUT2D eigenvalue weighted by molar-refractivity contribution is 6.34. The molecular weight excluding hydrogens is 435 g/mol. The molecule has 3 atom stereocenters. The Morgan fingerprint density at radius 1 is 1.23 bits per heavy atom. The van der Waals surface area contributed by atoms with Gasteiger partial charge in [0.2, 0.25) is 5.91 Å². The van der Waals surface area contributed by atoms with Gasteiger partial charge in [0.25, 0.3) is 0 Å².